The van der Waals surface area contributed by atoms with E-state index in [-0.39, 0.29) is 22.3 Å². The third kappa shape index (κ3) is 5.01. The van der Waals surface area contributed by atoms with E-state index < -0.39 is 5.82 Å². The van der Waals surface area contributed by atoms with Gasteiger partial charge in [-0.15, -0.1) is 0 Å². The Morgan fingerprint density at radius 1 is 1.52 bits per heavy atom. The van der Waals surface area contributed by atoms with Gasteiger partial charge in [-0.3, -0.25) is 4.79 Å². The molecule has 0 bridgehead atoms. The monoisotopic (exact) mass is 363 g/mol. The molecule has 1 aromatic heterocycles. The van der Waals surface area contributed by atoms with Crippen molar-refractivity contribution in [2.75, 3.05) is 19.0 Å². The smallest absolute Gasteiger partial charge is 0.256 e. The second-order valence-corrected chi connectivity index (χ2v) is 5.47. The number of imidazole rings is 1. The molecule has 2 aromatic rings. The molecule has 0 amide bonds. The number of benzene rings is 1. The first-order chi connectivity index (χ1) is 11.9. The molecule has 1 aromatic carbocycles. The Bertz CT molecular complexity index is 819. The summed E-state index contributed by atoms with van der Waals surface area (Å²) < 4.78 is 20.5. The number of carbonyl (C=O) groups excluding carboxylic acids is 1. The summed E-state index contributed by atoms with van der Waals surface area (Å²) >= 11 is 4.83. The molecule has 0 saturated carbocycles. The number of thiocarbonyl (C=S) groups is 1. The highest BCUT2D eigenvalue weighted by Crippen LogP contribution is 2.19. The number of rotatable bonds is 6. The average Bonchev–Trinajstić information content (AvgIpc) is 3.07. The van der Waals surface area contributed by atoms with Gasteiger partial charge in [0.05, 0.1) is 19.3 Å². The molecule has 0 saturated heterocycles. The van der Waals surface area contributed by atoms with Gasteiger partial charge >= 0.3 is 0 Å². The number of ether oxygens (including phenoxy) is 1. The van der Waals surface area contributed by atoms with Crippen LogP contribution in [-0.4, -0.2) is 34.2 Å². The van der Waals surface area contributed by atoms with Crippen molar-refractivity contribution in [1.82, 2.24) is 14.9 Å². The molecule has 1 heterocycles. The quantitative estimate of drug-likeness (QED) is 0.533. The van der Waals surface area contributed by atoms with E-state index >= 15 is 0 Å². The molecule has 0 radical (unpaired) electrons. The van der Waals surface area contributed by atoms with Crippen LogP contribution in [0.5, 0.6) is 0 Å². The summed E-state index contributed by atoms with van der Waals surface area (Å²) in [6, 6.07) is 4.58. The highest BCUT2D eigenvalue weighted by Gasteiger charge is 2.09. The number of methoxy groups -OCH3 is 1. The van der Waals surface area contributed by atoms with Gasteiger partial charge in [-0.05, 0) is 30.4 Å². The fraction of sp³-hybridized carbons (Fsp3) is 0.188. The van der Waals surface area contributed by atoms with Gasteiger partial charge < -0.3 is 25.7 Å². The highest BCUT2D eigenvalue weighted by molar-refractivity contribution is 7.80. The van der Waals surface area contributed by atoms with Crippen molar-refractivity contribution < 1.29 is 13.9 Å². The van der Waals surface area contributed by atoms with E-state index in [1.807, 2.05) is 0 Å². The molecular weight excluding hydrogens is 345 g/mol. The maximum Gasteiger partial charge on any atom is 0.256 e. The maximum atomic E-state index is 14.3. The Hall–Kier alpha value is -2.94. The fourth-order valence-electron chi connectivity index (χ4n) is 1.92. The molecule has 0 aliphatic rings. The zero-order valence-corrected chi connectivity index (χ0v) is 14.6. The van der Waals surface area contributed by atoms with Gasteiger partial charge in [-0.2, -0.15) is 0 Å². The van der Waals surface area contributed by atoms with Gasteiger partial charge in [0.1, 0.15) is 17.8 Å². The van der Waals surface area contributed by atoms with E-state index in [1.165, 1.54) is 43.4 Å². The van der Waals surface area contributed by atoms with Crippen LogP contribution in [0.15, 0.2) is 42.6 Å². The minimum Gasteiger partial charge on any atom is -0.474 e. The van der Waals surface area contributed by atoms with Crippen LogP contribution in [-0.2, 0) is 4.74 Å². The molecule has 0 fully saturated rings. The first-order valence-electron chi connectivity index (χ1n) is 7.28. The Morgan fingerprint density at radius 3 is 2.88 bits per heavy atom. The van der Waals surface area contributed by atoms with Gasteiger partial charge in [0.15, 0.2) is 5.78 Å². The summed E-state index contributed by atoms with van der Waals surface area (Å²) in [4.78, 5) is 15.2. The Labute approximate surface area is 149 Å². The molecule has 0 aliphatic heterocycles. The number of carbonyl (C=O) groups is 1. The number of anilines is 1. The molecule has 9 heteroatoms. The number of ketones is 1. The van der Waals surface area contributed by atoms with Crippen LogP contribution in [0.25, 0.3) is 5.69 Å². The molecular formula is C16H18FN5O2S. The van der Waals surface area contributed by atoms with E-state index in [0.717, 1.165) is 0 Å². The normalized spacial score (nSPS) is 11.1. The molecule has 0 spiro atoms. The topological polar surface area (TPSA) is 94.2 Å². The van der Waals surface area contributed by atoms with Crippen molar-refractivity contribution in [3.8, 4) is 5.69 Å². The summed E-state index contributed by atoms with van der Waals surface area (Å²) in [5, 5.41) is 5.92. The standard InChI is InChI=1S/C16H18FN5O2S/c1-10(23)14-8-22(9-21-14)15-4-3-12(5-13(15)17)19-6-11(18)7-20-16(25)24-2/h3-6,8-9,19H,7,18H2,1-2H3,(H,20,25)/b11-6-. The Kier molecular flexibility index (Phi) is 6.07. The molecule has 2 rings (SSSR count). The van der Waals surface area contributed by atoms with E-state index in [0.29, 0.717) is 17.9 Å². The fourth-order valence-corrected chi connectivity index (χ4v) is 1.99. The van der Waals surface area contributed by atoms with Gasteiger partial charge in [0.25, 0.3) is 5.17 Å². The van der Waals surface area contributed by atoms with Crippen LogP contribution in [0, 0.1) is 5.82 Å². The number of nitrogens with two attached hydrogens (primary N) is 1. The highest BCUT2D eigenvalue weighted by atomic mass is 32.1. The molecule has 132 valence electrons. The van der Waals surface area contributed by atoms with E-state index in [2.05, 4.69) is 15.6 Å². The van der Waals surface area contributed by atoms with Crippen LogP contribution >= 0.6 is 12.2 Å². The zero-order valence-electron chi connectivity index (χ0n) is 13.7. The number of hydrogen-bond donors (Lipinski definition) is 3. The van der Waals surface area contributed by atoms with E-state index in [4.69, 9.17) is 22.7 Å². The van der Waals surface area contributed by atoms with Crippen molar-refractivity contribution in [2.24, 2.45) is 5.73 Å². The lowest BCUT2D eigenvalue weighted by Crippen LogP contribution is -2.27. The van der Waals surface area contributed by atoms with Crippen molar-refractivity contribution in [1.29, 1.82) is 0 Å². The van der Waals surface area contributed by atoms with Crippen molar-refractivity contribution in [3.05, 3.63) is 54.1 Å². The predicted octanol–water partition coefficient (Wildman–Crippen LogP) is 1.95. The van der Waals surface area contributed by atoms with Gasteiger partial charge in [-0.1, -0.05) is 0 Å². The summed E-state index contributed by atoms with van der Waals surface area (Å²) in [5.74, 6) is -0.650. The minimum atomic E-state index is -0.469. The summed E-state index contributed by atoms with van der Waals surface area (Å²) in [5.41, 5.74) is 7.34. The summed E-state index contributed by atoms with van der Waals surface area (Å²) in [6.45, 7) is 1.70. The third-order valence-electron chi connectivity index (χ3n) is 3.22. The second-order valence-electron chi connectivity index (χ2n) is 5.10. The molecule has 4 N–H and O–H groups in total. The zero-order chi connectivity index (χ0) is 18.4. The first-order valence-corrected chi connectivity index (χ1v) is 7.69. The van der Waals surface area contributed by atoms with Crippen molar-refractivity contribution in [3.63, 3.8) is 0 Å². The van der Waals surface area contributed by atoms with Crippen molar-refractivity contribution >= 4 is 28.9 Å². The Balaban J connectivity index is 2.06. The third-order valence-corrected chi connectivity index (χ3v) is 3.53. The summed E-state index contributed by atoms with van der Waals surface area (Å²) in [6.07, 6.45) is 4.41. The average molecular weight is 363 g/mol. The molecule has 0 atom stereocenters. The lowest BCUT2D eigenvalue weighted by atomic mass is 10.2. The van der Waals surface area contributed by atoms with Crippen LogP contribution in [0.3, 0.4) is 0 Å². The minimum absolute atomic E-state index is 0.181. The second kappa shape index (κ2) is 8.25. The van der Waals surface area contributed by atoms with Crippen LogP contribution in [0.2, 0.25) is 0 Å². The largest absolute Gasteiger partial charge is 0.474 e. The Morgan fingerprint density at radius 2 is 2.28 bits per heavy atom. The number of aromatic nitrogens is 2. The maximum absolute atomic E-state index is 14.3. The first kappa shape index (κ1) is 18.4. The molecule has 7 nitrogen and oxygen atoms in total. The lowest BCUT2D eigenvalue weighted by Gasteiger charge is -2.09. The van der Waals surface area contributed by atoms with Crippen LogP contribution in [0.1, 0.15) is 17.4 Å². The SMILES string of the molecule is COC(=S)NC/C(N)=C/Nc1ccc(-n2cnc(C(C)=O)c2)c(F)c1. The van der Waals surface area contributed by atoms with Gasteiger partial charge in [0, 0.05) is 30.7 Å². The predicted molar refractivity (Wildman–Crippen MR) is 97.0 cm³/mol. The number of nitrogens with one attached hydrogen (secondary N) is 2. The van der Waals surface area contributed by atoms with Crippen LogP contribution < -0.4 is 16.4 Å². The summed E-state index contributed by atoms with van der Waals surface area (Å²) in [7, 11) is 1.46. The number of Topliss-reactive ketones (excluding diaryl/α,β-unsaturated/α-hetero) is 1. The van der Waals surface area contributed by atoms with Gasteiger partial charge in [-0.25, -0.2) is 9.37 Å². The number of hydrogen-bond acceptors (Lipinski definition) is 6. The number of halogens is 1. The van der Waals surface area contributed by atoms with Gasteiger partial charge in [0.2, 0.25) is 0 Å². The molecule has 0 unspecified atom stereocenters. The van der Waals surface area contributed by atoms with E-state index in [9.17, 15) is 9.18 Å². The van der Waals surface area contributed by atoms with E-state index in [1.54, 1.807) is 12.1 Å². The molecule has 25 heavy (non-hydrogen) atoms. The number of nitrogens with zero attached hydrogens (tertiary/aromatic N) is 2. The lowest BCUT2D eigenvalue weighted by molar-refractivity contribution is 0.101. The molecule has 0 aliphatic carbocycles. The van der Waals surface area contributed by atoms with Crippen LogP contribution in [0.4, 0.5) is 10.1 Å². The van der Waals surface area contributed by atoms with Crippen molar-refractivity contribution in [2.45, 2.75) is 6.92 Å².